The summed E-state index contributed by atoms with van der Waals surface area (Å²) in [5.41, 5.74) is -0.337. The van der Waals surface area contributed by atoms with Gasteiger partial charge < -0.3 is 4.90 Å². The molecule has 4 heteroatoms. The number of thioether (sulfide) groups is 1. The van der Waals surface area contributed by atoms with E-state index in [1.165, 1.54) is 44.9 Å². The third kappa shape index (κ3) is 2.63. The van der Waals surface area contributed by atoms with Crippen LogP contribution in [0.25, 0.3) is 0 Å². The molecule has 2 saturated carbocycles. The van der Waals surface area contributed by atoms with Crippen molar-refractivity contribution in [3.8, 4) is 0 Å². The largest absolute Gasteiger partial charge is 0.324 e. The van der Waals surface area contributed by atoms with Crippen LogP contribution in [-0.4, -0.2) is 40.1 Å². The van der Waals surface area contributed by atoms with Gasteiger partial charge in [-0.15, -0.1) is 0 Å². The van der Waals surface area contributed by atoms with E-state index in [9.17, 15) is 4.79 Å². The van der Waals surface area contributed by atoms with Crippen molar-refractivity contribution in [2.24, 2.45) is 5.92 Å². The third-order valence-electron chi connectivity index (χ3n) is 6.24. The van der Waals surface area contributed by atoms with Gasteiger partial charge >= 0.3 is 0 Å². The van der Waals surface area contributed by atoms with Crippen LogP contribution in [0.4, 0.5) is 0 Å². The Morgan fingerprint density at radius 1 is 1.29 bits per heavy atom. The number of carbonyl (C=O) groups is 1. The van der Waals surface area contributed by atoms with E-state index in [1.807, 2.05) is 11.8 Å². The lowest BCUT2D eigenvalue weighted by Gasteiger charge is -2.45. The Morgan fingerprint density at radius 3 is 2.43 bits per heavy atom. The van der Waals surface area contributed by atoms with Gasteiger partial charge in [-0.05, 0) is 51.2 Å². The van der Waals surface area contributed by atoms with Crippen LogP contribution in [0.3, 0.4) is 0 Å². The van der Waals surface area contributed by atoms with Gasteiger partial charge in [0.1, 0.15) is 0 Å². The average molecular weight is 311 g/mol. The number of nitrogens with one attached hydrogen (secondary N) is 1. The van der Waals surface area contributed by atoms with Crippen molar-refractivity contribution in [2.45, 2.75) is 81.7 Å². The van der Waals surface area contributed by atoms with Gasteiger partial charge in [0.25, 0.3) is 0 Å². The van der Waals surface area contributed by atoms with E-state index in [-0.39, 0.29) is 11.7 Å². The summed E-state index contributed by atoms with van der Waals surface area (Å²) in [6.07, 6.45) is 12.5. The van der Waals surface area contributed by atoms with Crippen LogP contribution in [0, 0.1) is 5.92 Å². The lowest BCUT2D eigenvalue weighted by atomic mass is 9.83. The highest BCUT2D eigenvalue weighted by Gasteiger charge is 2.52. The Bertz CT molecular complexity index is 398. The first-order valence-electron chi connectivity index (χ1n) is 8.67. The number of hydrogen-bond donors (Lipinski definition) is 1. The molecule has 0 bridgehead atoms. The monoisotopic (exact) mass is 310 g/mol. The standard InChI is InChI=1S/C17H30N2OS/c1-4-16(2)15(20)19(12-17(21-3)10-7-11-17)14(18-16)13-8-5-6-9-13/h13-14,18H,4-12H2,1-3H3. The minimum atomic E-state index is -0.337. The zero-order valence-corrected chi connectivity index (χ0v) is 14.6. The van der Waals surface area contributed by atoms with Crippen LogP contribution in [0.5, 0.6) is 0 Å². The van der Waals surface area contributed by atoms with Crippen LogP contribution in [0.2, 0.25) is 0 Å². The minimum absolute atomic E-state index is 0.287. The van der Waals surface area contributed by atoms with Gasteiger partial charge in [-0.3, -0.25) is 10.1 Å². The number of nitrogens with zero attached hydrogens (tertiary/aromatic N) is 1. The molecule has 0 aromatic carbocycles. The maximum absolute atomic E-state index is 13.0. The Kier molecular flexibility index (Phi) is 4.30. The molecule has 1 heterocycles. The normalized spacial score (nSPS) is 36.2. The van der Waals surface area contributed by atoms with Gasteiger partial charge in [0.2, 0.25) is 5.91 Å². The van der Waals surface area contributed by atoms with Gasteiger partial charge in [-0.25, -0.2) is 0 Å². The Morgan fingerprint density at radius 2 is 1.95 bits per heavy atom. The zero-order valence-electron chi connectivity index (χ0n) is 13.8. The Balaban J connectivity index is 1.80. The fraction of sp³-hybridized carbons (Fsp3) is 0.941. The highest BCUT2D eigenvalue weighted by molar-refractivity contribution is 8.00. The topological polar surface area (TPSA) is 32.3 Å². The first-order chi connectivity index (χ1) is 10.0. The molecule has 1 saturated heterocycles. The van der Waals surface area contributed by atoms with Gasteiger partial charge in [0.15, 0.2) is 0 Å². The molecule has 2 unspecified atom stereocenters. The molecule has 3 fully saturated rings. The van der Waals surface area contributed by atoms with Gasteiger partial charge in [0.05, 0.1) is 11.7 Å². The molecular weight excluding hydrogens is 280 g/mol. The zero-order chi connectivity index (χ0) is 15.1. The van der Waals surface area contributed by atoms with Gasteiger partial charge in [-0.1, -0.05) is 26.2 Å². The molecule has 0 aromatic heterocycles. The maximum Gasteiger partial charge on any atom is 0.243 e. The summed E-state index contributed by atoms with van der Waals surface area (Å²) in [5, 5.41) is 3.72. The van der Waals surface area contributed by atoms with E-state index >= 15 is 0 Å². The quantitative estimate of drug-likeness (QED) is 0.845. The van der Waals surface area contributed by atoms with Crippen molar-refractivity contribution in [3.05, 3.63) is 0 Å². The predicted molar refractivity (Wildman–Crippen MR) is 89.4 cm³/mol. The van der Waals surface area contributed by atoms with Crippen LogP contribution < -0.4 is 5.32 Å². The summed E-state index contributed by atoms with van der Waals surface area (Å²) in [4.78, 5) is 15.2. The molecule has 0 spiro atoms. The number of hydrogen-bond acceptors (Lipinski definition) is 3. The van der Waals surface area contributed by atoms with Crippen LogP contribution in [0.1, 0.15) is 65.2 Å². The lowest BCUT2D eigenvalue weighted by molar-refractivity contribution is -0.134. The highest BCUT2D eigenvalue weighted by Crippen LogP contribution is 2.45. The molecule has 3 aliphatic rings. The second-order valence-corrected chi connectivity index (χ2v) is 8.77. The van der Waals surface area contributed by atoms with E-state index in [2.05, 4.69) is 30.3 Å². The highest BCUT2D eigenvalue weighted by atomic mass is 32.2. The molecule has 2 aliphatic carbocycles. The molecule has 21 heavy (non-hydrogen) atoms. The smallest absolute Gasteiger partial charge is 0.243 e. The van der Waals surface area contributed by atoms with Crippen LogP contribution in [0.15, 0.2) is 0 Å². The number of amides is 1. The molecule has 1 aliphatic heterocycles. The molecule has 1 amide bonds. The average Bonchev–Trinajstić information content (AvgIpc) is 3.05. The van der Waals surface area contributed by atoms with E-state index < -0.39 is 0 Å². The van der Waals surface area contributed by atoms with E-state index in [1.54, 1.807) is 0 Å². The molecule has 120 valence electrons. The SMILES string of the molecule is CCC1(C)NC(C2CCCC2)N(CC2(SC)CCC2)C1=O. The molecular formula is C17H30N2OS. The Hall–Kier alpha value is -0.220. The van der Waals surface area contributed by atoms with Crippen molar-refractivity contribution < 1.29 is 4.79 Å². The Labute approximate surface area is 133 Å². The van der Waals surface area contributed by atoms with Crippen LogP contribution >= 0.6 is 11.8 Å². The first-order valence-corrected chi connectivity index (χ1v) is 9.90. The summed E-state index contributed by atoms with van der Waals surface area (Å²) in [6, 6.07) is 0. The number of rotatable bonds is 5. The second-order valence-electron chi connectivity index (χ2n) is 7.49. The summed E-state index contributed by atoms with van der Waals surface area (Å²) < 4.78 is 0.340. The van der Waals surface area contributed by atoms with E-state index in [4.69, 9.17) is 0 Å². The number of carbonyl (C=O) groups excluding carboxylic acids is 1. The second kappa shape index (κ2) is 5.77. The summed E-state index contributed by atoms with van der Waals surface area (Å²) in [7, 11) is 0. The third-order valence-corrected chi connectivity index (χ3v) is 7.65. The first kappa shape index (κ1) is 15.7. The molecule has 2 atom stereocenters. The van der Waals surface area contributed by atoms with E-state index in [0.29, 0.717) is 16.6 Å². The van der Waals surface area contributed by atoms with Crippen LogP contribution in [-0.2, 0) is 4.79 Å². The van der Waals surface area contributed by atoms with Gasteiger partial charge in [-0.2, -0.15) is 11.8 Å². The molecule has 1 N–H and O–H groups in total. The van der Waals surface area contributed by atoms with Crippen molar-refractivity contribution in [1.29, 1.82) is 0 Å². The van der Waals surface area contributed by atoms with Crippen molar-refractivity contribution in [3.63, 3.8) is 0 Å². The van der Waals surface area contributed by atoms with E-state index in [0.717, 1.165) is 13.0 Å². The molecule has 3 nitrogen and oxygen atoms in total. The van der Waals surface area contributed by atoms with Crippen molar-refractivity contribution >= 4 is 17.7 Å². The lowest BCUT2D eigenvalue weighted by Crippen LogP contribution is -2.51. The van der Waals surface area contributed by atoms with Crippen molar-refractivity contribution in [2.75, 3.05) is 12.8 Å². The predicted octanol–water partition coefficient (Wildman–Crippen LogP) is 3.39. The minimum Gasteiger partial charge on any atom is -0.324 e. The fourth-order valence-electron chi connectivity index (χ4n) is 4.29. The molecule has 3 rings (SSSR count). The maximum atomic E-state index is 13.0. The molecule has 0 aromatic rings. The van der Waals surface area contributed by atoms with Gasteiger partial charge in [0, 0.05) is 11.3 Å². The summed E-state index contributed by atoms with van der Waals surface area (Å²) in [5.74, 6) is 1.02. The summed E-state index contributed by atoms with van der Waals surface area (Å²) >= 11 is 1.98. The van der Waals surface area contributed by atoms with Crippen molar-refractivity contribution in [1.82, 2.24) is 10.2 Å². The summed E-state index contributed by atoms with van der Waals surface area (Å²) in [6.45, 7) is 5.19. The fourth-order valence-corrected chi connectivity index (χ4v) is 5.25. The molecule has 0 radical (unpaired) electrons.